The van der Waals surface area contributed by atoms with E-state index in [2.05, 4.69) is 126 Å². The SMILES string of the molecule is Cc1cc(-c2cccc3c2[nH]c2cc4ccccc4cc23)c2c(c1)N1c3ccccc3Sc3cccc(c31)B2. The first kappa shape index (κ1) is 21.5. The molecule has 0 atom stereocenters. The Hall–Kier alpha value is -4.41. The van der Waals surface area contributed by atoms with Gasteiger partial charge in [-0.3, -0.25) is 0 Å². The molecule has 2 aliphatic rings. The summed E-state index contributed by atoms with van der Waals surface area (Å²) in [4.78, 5) is 8.99. The summed E-state index contributed by atoms with van der Waals surface area (Å²) in [6.07, 6.45) is 0. The van der Waals surface area contributed by atoms with Crippen molar-refractivity contribution in [2.45, 2.75) is 16.7 Å². The van der Waals surface area contributed by atoms with Crippen LogP contribution in [0.2, 0.25) is 0 Å². The molecule has 9 rings (SSSR count). The number of H-pyrrole nitrogens is 1. The smallest absolute Gasteiger partial charge is 0.198 e. The third-order valence-corrected chi connectivity index (χ3v) is 9.52. The van der Waals surface area contributed by atoms with Crippen LogP contribution in [-0.4, -0.2) is 12.3 Å². The maximum absolute atomic E-state index is 3.83. The van der Waals surface area contributed by atoms with Crippen molar-refractivity contribution in [1.82, 2.24) is 4.98 Å². The number of nitrogens with zero attached hydrogens (tertiary/aromatic N) is 1. The fraction of sp³-hybridized carbons (Fsp3) is 0.0286. The van der Waals surface area contributed by atoms with Gasteiger partial charge in [-0.2, -0.15) is 0 Å². The molecule has 4 heteroatoms. The normalized spacial score (nSPS) is 13.3. The molecule has 2 aliphatic heterocycles. The van der Waals surface area contributed by atoms with E-state index in [1.54, 1.807) is 0 Å². The van der Waals surface area contributed by atoms with Crippen LogP contribution in [0.15, 0.2) is 119 Å². The number of anilines is 3. The van der Waals surface area contributed by atoms with Crippen LogP contribution >= 0.6 is 11.8 Å². The van der Waals surface area contributed by atoms with Crippen LogP contribution in [0.25, 0.3) is 43.7 Å². The molecule has 1 N–H and O–H groups in total. The average Bonchev–Trinajstić information content (AvgIpc) is 3.33. The topological polar surface area (TPSA) is 19.0 Å². The minimum absolute atomic E-state index is 0.924. The molecule has 6 aromatic carbocycles. The third kappa shape index (κ3) is 3.01. The molecule has 2 nitrogen and oxygen atoms in total. The first-order chi connectivity index (χ1) is 19.2. The summed E-state index contributed by atoms with van der Waals surface area (Å²) in [6.45, 7) is 2.23. The largest absolute Gasteiger partial charge is 0.354 e. The molecule has 0 aliphatic carbocycles. The minimum Gasteiger partial charge on any atom is -0.354 e. The van der Waals surface area contributed by atoms with Gasteiger partial charge in [0, 0.05) is 37.3 Å². The van der Waals surface area contributed by atoms with Crippen molar-refractivity contribution in [2.24, 2.45) is 0 Å². The molecular weight excluding hydrogens is 491 g/mol. The lowest BCUT2D eigenvalue weighted by Crippen LogP contribution is -2.42. The summed E-state index contributed by atoms with van der Waals surface area (Å²) in [7, 11) is 0.924. The predicted molar refractivity (Wildman–Crippen MR) is 169 cm³/mol. The fourth-order valence-electron chi connectivity index (χ4n) is 6.71. The number of hydrogen-bond acceptors (Lipinski definition) is 2. The van der Waals surface area contributed by atoms with Gasteiger partial charge in [-0.05, 0) is 70.7 Å². The zero-order chi connectivity index (χ0) is 25.7. The number of rotatable bonds is 1. The van der Waals surface area contributed by atoms with Crippen molar-refractivity contribution in [3.8, 4) is 11.1 Å². The van der Waals surface area contributed by atoms with Gasteiger partial charge in [0.2, 0.25) is 0 Å². The molecule has 0 amide bonds. The van der Waals surface area contributed by atoms with Crippen LogP contribution in [-0.2, 0) is 0 Å². The zero-order valence-electron chi connectivity index (χ0n) is 21.5. The van der Waals surface area contributed by atoms with Gasteiger partial charge in [-0.15, -0.1) is 0 Å². The van der Waals surface area contributed by atoms with Gasteiger partial charge in [0.25, 0.3) is 0 Å². The predicted octanol–water partition coefficient (Wildman–Crippen LogP) is 8.08. The third-order valence-electron chi connectivity index (χ3n) is 8.40. The van der Waals surface area contributed by atoms with E-state index in [1.807, 2.05) is 11.8 Å². The van der Waals surface area contributed by atoms with E-state index in [4.69, 9.17) is 0 Å². The number of fused-ring (bicyclic) bond motifs is 8. The quantitative estimate of drug-likeness (QED) is 0.223. The molecule has 182 valence electrons. The van der Waals surface area contributed by atoms with E-state index in [0.717, 1.165) is 7.28 Å². The van der Waals surface area contributed by atoms with Gasteiger partial charge >= 0.3 is 0 Å². The highest BCUT2D eigenvalue weighted by Gasteiger charge is 2.33. The number of hydrogen-bond donors (Lipinski definition) is 1. The lowest BCUT2D eigenvalue weighted by Gasteiger charge is -2.39. The van der Waals surface area contributed by atoms with E-state index in [-0.39, 0.29) is 0 Å². The van der Waals surface area contributed by atoms with Gasteiger partial charge < -0.3 is 9.88 Å². The summed E-state index contributed by atoms with van der Waals surface area (Å²) in [6, 6.07) is 40.4. The highest BCUT2D eigenvalue weighted by atomic mass is 32.2. The Balaban J connectivity index is 1.34. The van der Waals surface area contributed by atoms with E-state index in [0.29, 0.717) is 0 Å². The van der Waals surface area contributed by atoms with Crippen LogP contribution in [0.5, 0.6) is 0 Å². The van der Waals surface area contributed by atoms with Crippen LogP contribution in [0.1, 0.15) is 5.56 Å². The maximum atomic E-state index is 3.83. The standard InChI is InChI=1S/C35H23BN2S/c1-20-16-26(24-11-6-10-23-25-18-21-8-2-3-9-22(21)19-28(25)37-34(23)24)33-30(17-20)38-29-13-4-5-14-31(29)39-32-15-7-12-27(36-33)35(32)38/h2-19,36-37H,1H3. The van der Waals surface area contributed by atoms with Crippen molar-refractivity contribution >= 4 is 79.6 Å². The molecule has 0 spiro atoms. The number of nitrogens with one attached hydrogen (secondary N) is 1. The summed E-state index contributed by atoms with van der Waals surface area (Å²) >= 11 is 1.89. The molecule has 0 radical (unpaired) electrons. The highest BCUT2D eigenvalue weighted by Crippen LogP contribution is 2.51. The number of para-hydroxylation sites is 3. The van der Waals surface area contributed by atoms with Crippen LogP contribution in [0.4, 0.5) is 17.1 Å². The molecule has 7 aromatic rings. The zero-order valence-corrected chi connectivity index (χ0v) is 22.3. The van der Waals surface area contributed by atoms with E-state index >= 15 is 0 Å². The highest BCUT2D eigenvalue weighted by molar-refractivity contribution is 7.99. The molecule has 0 saturated carbocycles. The molecule has 0 unspecified atom stereocenters. The molecule has 39 heavy (non-hydrogen) atoms. The van der Waals surface area contributed by atoms with E-state index in [9.17, 15) is 0 Å². The summed E-state index contributed by atoms with van der Waals surface area (Å²) in [5.41, 5.74) is 13.0. The Kier molecular flexibility index (Phi) is 4.31. The van der Waals surface area contributed by atoms with E-state index in [1.165, 1.54) is 87.0 Å². The van der Waals surface area contributed by atoms with Crippen molar-refractivity contribution in [3.05, 3.63) is 115 Å². The van der Waals surface area contributed by atoms with Crippen molar-refractivity contribution in [1.29, 1.82) is 0 Å². The number of aromatic nitrogens is 1. The van der Waals surface area contributed by atoms with Crippen molar-refractivity contribution in [3.63, 3.8) is 0 Å². The Morgan fingerprint density at radius 3 is 2.38 bits per heavy atom. The van der Waals surface area contributed by atoms with E-state index < -0.39 is 0 Å². The summed E-state index contributed by atoms with van der Waals surface area (Å²) in [5, 5.41) is 5.10. The Bertz CT molecular complexity index is 2160. The lowest BCUT2D eigenvalue weighted by molar-refractivity contribution is 1.17. The number of aromatic amines is 1. The van der Waals surface area contributed by atoms with Crippen LogP contribution in [0, 0.1) is 6.92 Å². The first-order valence-corrected chi connectivity index (χ1v) is 14.3. The molecule has 3 heterocycles. The Morgan fingerprint density at radius 2 is 1.46 bits per heavy atom. The number of aryl methyl sites for hydroxylation is 1. The monoisotopic (exact) mass is 514 g/mol. The van der Waals surface area contributed by atoms with Gasteiger partial charge in [-0.1, -0.05) is 90.0 Å². The van der Waals surface area contributed by atoms with Gasteiger partial charge in [0.15, 0.2) is 7.28 Å². The molecule has 0 saturated heterocycles. The molecule has 0 bridgehead atoms. The maximum Gasteiger partial charge on any atom is 0.198 e. The van der Waals surface area contributed by atoms with Crippen LogP contribution in [0.3, 0.4) is 0 Å². The Morgan fingerprint density at radius 1 is 0.667 bits per heavy atom. The number of benzene rings is 6. The summed E-state index contributed by atoms with van der Waals surface area (Å²) < 4.78 is 0. The second-order valence-electron chi connectivity index (χ2n) is 10.8. The molecule has 0 fully saturated rings. The summed E-state index contributed by atoms with van der Waals surface area (Å²) in [5.74, 6) is 0. The van der Waals surface area contributed by atoms with Gasteiger partial charge in [0.1, 0.15) is 0 Å². The minimum atomic E-state index is 0.924. The second kappa shape index (κ2) is 7.81. The van der Waals surface area contributed by atoms with Crippen molar-refractivity contribution in [2.75, 3.05) is 4.90 Å². The van der Waals surface area contributed by atoms with Crippen LogP contribution < -0.4 is 15.8 Å². The molecular formula is C35H23BN2S. The van der Waals surface area contributed by atoms with Gasteiger partial charge in [-0.25, -0.2) is 0 Å². The second-order valence-corrected chi connectivity index (χ2v) is 11.8. The van der Waals surface area contributed by atoms with Crippen molar-refractivity contribution < 1.29 is 0 Å². The fourth-order valence-corrected chi connectivity index (χ4v) is 7.83. The molecule has 1 aromatic heterocycles. The first-order valence-electron chi connectivity index (χ1n) is 13.5. The average molecular weight is 514 g/mol. The Labute approximate surface area is 231 Å². The lowest BCUT2D eigenvalue weighted by atomic mass is 9.58. The van der Waals surface area contributed by atoms with Gasteiger partial charge in [0.05, 0.1) is 16.9 Å².